The van der Waals surface area contributed by atoms with E-state index in [0.29, 0.717) is 0 Å². The quantitative estimate of drug-likeness (QED) is 0.199. The molecule has 43 heavy (non-hydrogen) atoms. The van der Waals surface area contributed by atoms with E-state index in [0.717, 1.165) is 33.7 Å². The Morgan fingerprint density at radius 2 is 1.09 bits per heavy atom. The Balaban J connectivity index is 1.24. The minimum Gasteiger partial charge on any atom is -0.399 e. The predicted octanol–water partition coefficient (Wildman–Crippen LogP) is 9.43. The molecule has 1 aliphatic heterocycles. The lowest BCUT2D eigenvalue weighted by Gasteiger charge is -2.32. The molecular weight excluding hydrogens is 525 g/mol. The number of hydrogen-bond donors (Lipinski definition) is 0. The van der Waals surface area contributed by atoms with Crippen molar-refractivity contribution in [3.05, 3.63) is 132 Å². The fourth-order valence-corrected chi connectivity index (χ4v) is 6.50. The third-order valence-electron chi connectivity index (χ3n) is 9.71. The van der Waals surface area contributed by atoms with E-state index < -0.39 is 0 Å². The molecule has 0 bridgehead atoms. The number of hydrogen-bond acceptors (Lipinski definition) is 3. The van der Waals surface area contributed by atoms with Gasteiger partial charge in [-0.15, -0.1) is 0 Å². The van der Waals surface area contributed by atoms with Crippen molar-refractivity contribution < 1.29 is 9.31 Å². The third-order valence-corrected chi connectivity index (χ3v) is 9.71. The Morgan fingerprint density at radius 1 is 0.488 bits per heavy atom. The average molecular weight is 564 g/mol. The smallest absolute Gasteiger partial charge is 0.399 e. The number of anilines is 3. The fraction of sp³-hybridized carbons (Fsp3) is 0.231. The second-order valence-electron chi connectivity index (χ2n) is 13.3. The highest BCUT2D eigenvalue weighted by Gasteiger charge is 2.51. The van der Waals surface area contributed by atoms with Crippen molar-refractivity contribution in [2.75, 3.05) is 4.90 Å². The Labute approximate surface area is 256 Å². The summed E-state index contributed by atoms with van der Waals surface area (Å²) in [5.41, 5.74) is 11.4. The highest BCUT2D eigenvalue weighted by atomic mass is 16.7. The highest BCUT2D eigenvalue weighted by molar-refractivity contribution is 6.62. The summed E-state index contributed by atoms with van der Waals surface area (Å²) in [4.78, 5) is 2.35. The molecule has 0 aromatic heterocycles. The molecule has 214 valence electrons. The van der Waals surface area contributed by atoms with Gasteiger partial charge in [-0.3, -0.25) is 0 Å². The van der Waals surface area contributed by atoms with Gasteiger partial charge in [-0.25, -0.2) is 0 Å². The van der Waals surface area contributed by atoms with Crippen LogP contribution in [0.2, 0.25) is 0 Å². The summed E-state index contributed by atoms with van der Waals surface area (Å²) in [5, 5.41) is 0. The maximum atomic E-state index is 6.33. The number of fused-ring (bicyclic) bond motifs is 3. The van der Waals surface area contributed by atoms with Gasteiger partial charge in [0.05, 0.1) is 11.2 Å². The summed E-state index contributed by atoms with van der Waals surface area (Å²) in [5.74, 6) is 0. The monoisotopic (exact) mass is 563 g/mol. The van der Waals surface area contributed by atoms with Crippen LogP contribution in [0, 0.1) is 0 Å². The van der Waals surface area contributed by atoms with Crippen LogP contribution in [0.3, 0.4) is 0 Å². The minimum absolute atomic E-state index is 0.0592. The van der Waals surface area contributed by atoms with E-state index in [1.165, 1.54) is 22.3 Å². The standard InChI is InChI=1S/C39H38BNO2/c1-37(2)35-18-11-10-17-33(35)34-24-23-32(26-36(34)37)41(30-15-8-7-9-16-30)31-21-19-27(20-22-31)28-13-12-14-29(25-28)40-42-38(3,4)39(5,6)43-40/h7-26H,1-6H3. The van der Waals surface area contributed by atoms with Crippen molar-refractivity contribution >= 4 is 29.6 Å². The van der Waals surface area contributed by atoms with E-state index in [1.807, 2.05) is 0 Å². The van der Waals surface area contributed by atoms with Crippen LogP contribution in [0.5, 0.6) is 0 Å². The Kier molecular flexibility index (Phi) is 6.43. The number of benzene rings is 5. The lowest BCUT2D eigenvalue weighted by atomic mass is 9.78. The zero-order chi connectivity index (χ0) is 30.0. The molecule has 3 nitrogen and oxygen atoms in total. The summed E-state index contributed by atoms with van der Waals surface area (Å²) < 4.78 is 12.7. The largest absolute Gasteiger partial charge is 0.494 e. The van der Waals surface area contributed by atoms with Crippen LogP contribution in [0.4, 0.5) is 17.1 Å². The molecule has 0 saturated carbocycles. The molecule has 5 aromatic carbocycles. The van der Waals surface area contributed by atoms with E-state index in [1.54, 1.807) is 0 Å². The van der Waals surface area contributed by atoms with E-state index >= 15 is 0 Å². The van der Waals surface area contributed by atoms with E-state index in [4.69, 9.17) is 9.31 Å². The fourth-order valence-electron chi connectivity index (χ4n) is 6.50. The molecule has 1 fully saturated rings. The summed E-state index contributed by atoms with van der Waals surface area (Å²) in [7, 11) is -0.381. The third kappa shape index (κ3) is 4.61. The molecule has 0 spiro atoms. The highest BCUT2D eigenvalue weighted by Crippen LogP contribution is 2.50. The van der Waals surface area contributed by atoms with Gasteiger partial charge < -0.3 is 14.2 Å². The molecule has 1 saturated heterocycles. The van der Waals surface area contributed by atoms with Gasteiger partial charge in [-0.2, -0.15) is 0 Å². The van der Waals surface area contributed by atoms with Gasteiger partial charge in [0.1, 0.15) is 0 Å². The van der Waals surface area contributed by atoms with Crippen LogP contribution in [-0.4, -0.2) is 18.3 Å². The summed E-state index contributed by atoms with van der Waals surface area (Å²) in [6, 6.07) is 43.7. The summed E-state index contributed by atoms with van der Waals surface area (Å²) >= 11 is 0. The van der Waals surface area contributed by atoms with Gasteiger partial charge in [0.15, 0.2) is 0 Å². The predicted molar refractivity (Wildman–Crippen MR) is 180 cm³/mol. The Bertz CT molecular complexity index is 1790. The first kappa shape index (κ1) is 27.7. The molecule has 0 amide bonds. The Hall–Kier alpha value is -4.12. The van der Waals surface area contributed by atoms with Crippen LogP contribution in [-0.2, 0) is 14.7 Å². The molecule has 4 heteroatoms. The van der Waals surface area contributed by atoms with Crippen LogP contribution in [0.15, 0.2) is 121 Å². The van der Waals surface area contributed by atoms with Crippen molar-refractivity contribution in [3.63, 3.8) is 0 Å². The zero-order valence-corrected chi connectivity index (χ0v) is 25.9. The molecule has 5 aromatic rings. The number of rotatable bonds is 5. The SMILES string of the molecule is CC1(C)c2ccccc2-c2ccc(N(c3ccccc3)c3ccc(-c4cccc(B5OC(C)(C)C(C)(C)O5)c4)cc3)cc21. The van der Waals surface area contributed by atoms with Gasteiger partial charge in [0.25, 0.3) is 0 Å². The number of nitrogens with zero attached hydrogens (tertiary/aromatic N) is 1. The van der Waals surface area contributed by atoms with Crippen LogP contribution < -0.4 is 10.4 Å². The second kappa shape index (κ2) is 9.97. The van der Waals surface area contributed by atoms with Gasteiger partial charge in [0, 0.05) is 22.5 Å². The van der Waals surface area contributed by atoms with E-state index in [9.17, 15) is 0 Å². The van der Waals surface area contributed by atoms with Gasteiger partial charge >= 0.3 is 7.12 Å². The second-order valence-corrected chi connectivity index (χ2v) is 13.3. The van der Waals surface area contributed by atoms with Crippen molar-refractivity contribution in [3.8, 4) is 22.3 Å². The Morgan fingerprint density at radius 3 is 1.81 bits per heavy atom. The lowest BCUT2D eigenvalue weighted by molar-refractivity contribution is 0.00578. The zero-order valence-electron chi connectivity index (χ0n) is 25.9. The van der Waals surface area contributed by atoms with Gasteiger partial charge in [-0.05, 0) is 103 Å². The van der Waals surface area contributed by atoms with Crippen LogP contribution in [0.1, 0.15) is 52.7 Å². The van der Waals surface area contributed by atoms with Crippen molar-refractivity contribution in [2.45, 2.75) is 58.2 Å². The molecule has 0 atom stereocenters. The van der Waals surface area contributed by atoms with Gasteiger partial charge in [-0.1, -0.05) is 98.8 Å². The number of para-hydroxylation sites is 1. The molecule has 1 heterocycles. The average Bonchev–Trinajstić information content (AvgIpc) is 3.38. The molecule has 1 aliphatic carbocycles. The first-order valence-corrected chi connectivity index (χ1v) is 15.2. The first-order valence-electron chi connectivity index (χ1n) is 15.2. The summed E-state index contributed by atoms with van der Waals surface area (Å²) in [6.07, 6.45) is 0. The maximum Gasteiger partial charge on any atom is 0.494 e. The van der Waals surface area contributed by atoms with Crippen LogP contribution >= 0.6 is 0 Å². The van der Waals surface area contributed by atoms with Crippen LogP contribution in [0.25, 0.3) is 22.3 Å². The molecule has 0 radical (unpaired) electrons. The molecule has 2 aliphatic rings. The van der Waals surface area contributed by atoms with Crippen molar-refractivity contribution in [1.29, 1.82) is 0 Å². The maximum absolute atomic E-state index is 6.33. The molecular formula is C39H38BNO2. The van der Waals surface area contributed by atoms with E-state index in [-0.39, 0.29) is 23.7 Å². The molecule has 0 N–H and O–H groups in total. The van der Waals surface area contributed by atoms with Crippen molar-refractivity contribution in [2.24, 2.45) is 0 Å². The van der Waals surface area contributed by atoms with Gasteiger partial charge in [0.2, 0.25) is 0 Å². The topological polar surface area (TPSA) is 21.7 Å². The molecule has 0 unspecified atom stereocenters. The van der Waals surface area contributed by atoms with Crippen molar-refractivity contribution in [1.82, 2.24) is 0 Å². The summed E-state index contributed by atoms with van der Waals surface area (Å²) in [6.45, 7) is 13.0. The first-order chi connectivity index (χ1) is 20.5. The molecule has 7 rings (SSSR count). The normalized spacial score (nSPS) is 17.4. The van der Waals surface area contributed by atoms with E-state index in [2.05, 4.69) is 168 Å². The lowest BCUT2D eigenvalue weighted by Crippen LogP contribution is -2.41. The minimum atomic E-state index is -0.381.